The summed E-state index contributed by atoms with van der Waals surface area (Å²) in [5.41, 5.74) is 1.09. The highest BCUT2D eigenvalue weighted by atomic mass is 35.5. The smallest absolute Gasteiger partial charge is 0.310 e. The highest BCUT2D eigenvalue weighted by molar-refractivity contribution is 6.30. The van der Waals surface area contributed by atoms with Gasteiger partial charge >= 0.3 is 5.97 Å². The maximum atomic E-state index is 12.3. The highest BCUT2D eigenvalue weighted by Crippen LogP contribution is 2.19. The zero-order chi connectivity index (χ0) is 15.9. The Bertz CT molecular complexity index is 515. The van der Waals surface area contributed by atoms with E-state index in [4.69, 9.17) is 16.3 Å². The summed E-state index contributed by atoms with van der Waals surface area (Å²) in [7, 11) is 0. The molecule has 1 atom stereocenters. The first-order chi connectivity index (χ1) is 10.6. The number of rotatable bonds is 5. The van der Waals surface area contributed by atoms with Crippen LogP contribution in [0.5, 0.6) is 0 Å². The number of aryl methyl sites for hydroxylation is 1. The van der Waals surface area contributed by atoms with Gasteiger partial charge in [0.2, 0.25) is 5.91 Å². The molecule has 1 aliphatic heterocycles. The monoisotopic (exact) mass is 323 g/mol. The Morgan fingerprint density at radius 2 is 2.05 bits per heavy atom. The van der Waals surface area contributed by atoms with Crippen molar-refractivity contribution in [2.45, 2.75) is 32.6 Å². The van der Waals surface area contributed by atoms with Gasteiger partial charge in [0.15, 0.2) is 0 Å². The molecule has 1 amide bonds. The maximum absolute atomic E-state index is 12.3. The van der Waals surface area contributed by atoms with Crippen molar-refractivity contribution in [3.63, 3.8) is 0 Å². The quantitative estimate of drug-likeness (QED) is 0.782. The predicted octanol–water partition coefficient (Wildman–Crippen LogP) is 3.07. The lowest BCUT2D eigenvalue weighted by Gasteiger charge is -2.31. The van der Waals surface area contributed by atoms with Gasteiger partial charge < -0.3 is 9.64 Å². The molecule has 1 fully saturated rings. The van der Waals surface area contributed by atoms with Crippen molar-refractivity contribution in [1.29, 1.82) is 0 Å². The molecule has 2 rings (SSSR count). The lowest BCUT2D eigenvalue weighted by molar-refractivity contribution is -0.151. The number of likely N-dealkylation sites (tertiary alicyclic amines) is 1. The van der Waals surface area contributed by atoms with Crippen LogP contribution >= 0.6 is 11.6 Å². The van der Waals surface area contributed by atoms with Crippen LogP contribution in [-0.4, -0.2) is 36.5 Å². The first-order valence-corrected chi connectivity index (χ1v) is 8.16. The Morgan fingerprint density at radius 1 is 1.32 bits per heavy atom. The lowest BCUT2D eigenvalue weighted by atomic mass is 9.97. The van der Waals surface area contributed by atoms with Gasteiger partial charge in [-0.15, -0.1) is 0 Å². The molecule has 0 saturated carbocycles. The highest BCUT2D eigenvalue weighted by Gasteiger charge is 2.28. The van der Waals surface area contributed by atoms with E-state index in [-0.39, 0.29) is 17.8 Å². The summed E-state index contributed by atoms with van der Waals surface area (Å²) >= 11 is 5.85. The number of halogens is 1. The summed E-state index contributed by atoms with van der Waals surface area (Å²) in [5.74, 6) is -0.255. The largest absolute Gasteiger partial charge is 0.466 e. The number of hydrogen-bond acceptors (Lipinski definition) is 3. The molecule has 0 bridgehead atoms. The third-order valence-corrected chi connectivity index (χ3v) is 4.19. The number of amides is 1. The molecule has 0 unspecified atom stereocenters. The number of ether oxygens (including phenoxy) is 1. The van der Waals surface area contributed by atoms with E-state index in [0.29, 0.717) is 31.0 Å². The SMILES string of the molecule is CCOC(=O)[C@H]1CCCN(C(=O)CCc2ccc(Cl)cc2)C1. The summed E-state index contributed by atoms with van der Waals surface area (Å²) in [6, 6.07) is 7.54. The fourth-order valence-electron chi connectivity index (χ4n) is 2.72. The number of piperidine rings is 1. The molecule has 1 saturated heterocycles. The molecule has 1 heterocycles. The van der Waals surface area contributed by atoms with E-state index in [9.17, 15) is 9.59 Å². The van der Waals surface area contributed by atoms with Crippen LogP contribution in [0.1, 0.15) is 31.7 Å². The van der Waals surface area contributed by atoms with E-state index in [1.54, 1.807) is 11.8 Å². The number of esters is 1. The Kier molecular flexibility index (Phi) is 6.25. The molecule has 0 aliphatic carbocycles. The molecular formula is C17H22ClNO3. The minimum Gasteiger partial charge on any atom is -0.466 e. The maximum Gasteiger partial charge on any atom is 0.310 e. The second-order valence-electron chi connectivity index (χ2n) is 5.56. The average molecular weight is 324 g/mol. The van der Waals surface area contributed by atoms with E-state index < -0.39 is 0 Å². The van der Waals surface area contributed by atoms with Gasteiger partial charge in [0.1, 0.15) is 0 Å². The van der Waals surface area contributed by atoms with Crippen LogP contribution in [0.25, 0.3) is 0 Å². The van der Waals surface area contributed by atoms with Crippen LogP contribution in [0, 0.1) is 5.92 Å². The molecule has 5 heteroatoms. The number of hydrogen-bond donors (Lipinski definition) is 0. The molecule has 4 nitrogen and oxygen atoms in total. The van der Waals surface area contributed by atoms with Crippen LogP contribution in [0.15, 0.2) is 24.3 Å². The van der Waals surface area contributed by atoms with Gasteiger partial charge in [-0.3, -0.25) is 9.59 Å². The molecule has 0 aromatic heterocycles. The van der Waals surface area contributed by atoms with E-state index in [0.717, 1.165) is 24.9 Å². The number of carbonyl (C=O) groups excluding carboxylic acids is 2. The zero-order valence-electron chi connectivity index (χ0n) is 12.9. The van der Waals surface area contributed by atoms with Gasteiger partial charge in [-0.1, -0.05) is 23.7 Å². The van der Waals surface area contributed by atoms with Gasteiger partial charge in [0.25, 0.3) is 0 Å². The van der Waals surface area contributed by atoms with E-state index in [1.165, 1.54) is 0 Å². The zero-order valence-corrected chi connectivity index (χ0v) is 13.6. The number of nitrogens with zero attached hydrogens (tertiary/aromatic N) is 1. The minimum absolute atomic E-state index is 0.101. The molecule has 0 spiro atoms. The number of carbonyl (C=O) groups is 2. The first kappa shape index (κ1) is 16.8. The van der Waals surface area contributed by atoms with Crippen molar-refractivity contribution in [1.82, 2.24) is 4.90 Å². The van der Waals surface area contributed by atoms with Gasteiger partial charge in [-0.25, -0.2) is 0 Å². The lowest BCUT2D eigenvalue weighted by Crippen LogP contribution is -2.42. The summed E-state index contributed by atoms with van der Waals surface area (Å²) < 4.78 is 5.06. The van der Waals surface area contributed by atoms with Crippen LogP contribution in [0.2, 0.25) is 5.02 Å². The summed E-state index contributed by atoms with van der Waals surface area (Å²) in [6.45, 7) is 3.41. The third kappa shape index (κ3) is 4.73. The topological polar surface area (TPSA) is 46.6 Å². The fourth-order valence-corrected chi connectivity index (χ4v) is 2.84. The molecule has 1 aliphatic rings. The van der Waals surface area contributed by atoms with E-state index >= 15 is 0 Å². The van der Waals surface area contributed by atoms with Crippen LogP contribution in [0.3, 0.4) is 0 Å². The van der Waals surface area contributed by atoms with Crippen molar-refractivity contribution in [2.75, 3.05) is 19.7 Å². The fraction of sp³-hybridized carbons (Fsp3) is 0.529. The summed E-state index contributed by atoms with van der Waals surface area (Å²) in [6.07, 6.45) is 2.81. The molecule has 0 N–H and O–H groups in total. The van der Waals surface area contributed by atoms with Crippen LogP contribution < -0.4 is 0 Å². The molecule has 22 heavy (non-hydrogen) atoms. The first-order valence-electron chi connectivity index (χ1n) is 7.79. The molecule has 1 aromatic rings. The van der Waals surface area contributed by atoms with Crippen LogP contribution in [-0.2, 0) is 20.7 Å². The van der Waals surface area contributed by atoms with E-state index in [1.807, 2.05) is 24.3 Å². The van der Waals surface area contributed by atoms with E-state index in [2.05, 4.69) is 0 Å². The molecular weight excluding hydrogens is 302 g/mol. The Labute approximate surface area is 136 Å². The van der Waals surface area contributed by atoms with Gasteiger partial charge in [0.05, 0.1) is 12.5 Å². The van der Waals surface area contributed by atoms with Crippen molar-refractivity contribution >= 4 is 23.5 Å². The normalized spacial score (nSPS) is 18.1. The predicted molar refractivity (Wildman–Crippen MR) is 85.7 cm³/mol. The van der Waals surface area contributed by atoms with Gasteiger partial charge in [-0.2, -0.15) is 0 Å². The molecule has 1 aromatic carbocycles. The van der Waals surface area contributed by atoms with Gasteiger partial charge in [0, 0.05) is 24.5 Å². The van der Waals surface area contributed by atoms with Crippen molar-refractivity contribution in [3.05, 3.63) is 34.9 Å². The standard InChI is InChI=1S/C17H22ClNO3/c1-2-22-17(21)14-4-3-11-19(12-14)16(20)10-7-13-5-8-15(18)9-6-13/h5-6,8-9,14H,2-4,7,10-12H2,1H3/t14-/m0/s1. The Hall–Kier alpha value is -1.55. The number of benzene rings is 1. The second kappa shape index (κ2) is 8.18. The minimum atomic E-state index is -0.183. The second-order valence-corrected chi connectivity index (χ2v) is 5.99. The Morgan fingerprint density at radius 3 is 2.73 bits per heavy atom. The average Bonchev–Trinajstić information content (AvgIpc) is 2.54. The van der Waals surface area contributed by atoms with Gasteiger partial charge in [-0.05, 0) is 43.9 Å². The van der Waals surface area contributed by atoms with Crippen molar-refractivity contribution in [2.24, 2.45) is 5.92 Å². The third-order valence-electron chi connectivity index (χ3n) is 3.93. The molecule has 120 valence electrons. The summed E-state index contributed by atoms with van der Waals surface area (Å²) in [5, 5.41) is 0.698. The summed E-state index contributed by atoms with van der Waals surface area (Å²) in [4.78, 5) is 25.9. The molecule has 0 radical (unpaired) electrons. The van der Waals surface area contributed by atoms with Crippen molar-refractivity contribution in [3.8, 4) is 0 Å². The Balaban J connectivity index is 1.83. The van der Waals surface area contributed by atoms with Crippen LogP contribution in [0.4, 0.5) is 0 Å². The van der Waals surface area contributed by atoms with Crippen molar-refractivity contribution < 1.29 is 14.3 Å².